The van der Waals surface area contributed by atoms with Crippen molar-refractivity contribution in [3.05, 3.63) is 71.4 Å². The molecule has 0 radical (unpaired) electrons. The third-order valence-electron chi connectivity index (χ3n) is 4.28. The van der Waals surface area contributed by atoms with Gasteiger partial charge in [0, 0.05) is 23.5 Å². The van der Waals surface area contributed by atoms with Gasteiger partial charge in [-0.1, -0.05) is 0 Å². The Bertz CT molecular complexity index is 945. The van der Waals surface area contributed by atoms with Crippen LogP contribution in [0.15, 0.2) is 48.7 Å². The first-order valence-electron chi connectivity index (χ1n) is 8.74. The minimum atomic E-state index is -0.329. The maximum Gasteiger partial charge on any atom is 0.257 e. The van der Waals surface area contributed by atoms with Crippen LogP contribution >= 0.6 is 0 Å². The standard InChI is InChI=1S/C21H22FN3O2/c1-13(2)25-14(3)11-19(15(25)4)21(26)24-17-7-10-20(23-12-17)27-18-8-5-16(22)6-9-18/h5-13H,1-4H3,(H,24,26). The second kappa shape index (κ2) is 7.61. The first-order valence-corrected chi connectivity index (χ1v) is 8.74. The zero-order chi connectivity index (χ0) is 19.6. The topological polar surface area (TPSA) is 56.1 Å². The predicted molar refractivity (Wildman–Crippen MR) is 103 cm³/mol. The monoisotopic (exact) mass is 367 g/mol. The van der Waals surface area contributed by atoms with Crippen LogP contribution in [0.2, 0.25) is 0 Å². The van der Waals surface area contributed by atoms with Gasteiger partial charge in [0.25, 0.3) is 5.91 Å². The van der Waals surface area contributed by atoms with Crippen molar-refractivity contribution in [1.82, 2.24) is 9.55 Å². The lowest BCUT2D eigenvalue weighted by Gasteiger charge is -2.13. The third-order valence-corrected chi connectivity index (χ3v) is 4.28. The second-order valence-electron chi connectivity index (χ2n) is 6.64. The molecule has 0 atom stereocenters. The van der Waals surface area contributed by atoms with Crippen LogP contribution in [0, 0.1) is 19.7 Å². The van der Waals surface area contributed by atoms with Crippen molar-refractivity contribution in [1.29, 1.82) is 0 Å². The summed E-state index contributed by atoms with van der Waals surface area (Å²) in [6.07, 6.45) is 1.53. The Balaban J connectivity index is 1.70. The number of ether oxygens (including phenoxy) is 1. The number of carbonyl (C=O) groups excluding carboxylic acids is 1. The van der Waals surface area contributed by atoms with Crippen LogP contribution in [0.5, 0.6) is 11.6 Å². The van der Waals surface area contributed by atoms with E-state index in [0.717, 1.165) is 11.4 Å². The number of carbonyl (C=O) groups is 1. The quantitative estimate of drug-likeness (QED) is 0.669. The number of aryl methyl sites for hydroxylation is 1. The highest BCUT2D eigenvalue weighted by Gasteiger charge is 2.17. The van der Waals surface area contributed by atoms with Gasteiger partial charge in [0.2, 0.25) is 5.88 Å². The van der Waals surface area contributed by atoms with Crippen LogP contribution in [0.1, 0.15) is 41.6 Å². The molecule has 2 heterocycles. The molecule has 1 amide bonds. The number of anilines is 1. The van der Waals surface area contributed by atoms with Gasteiger partial charge in [-0.3, -0.25) is 4.79 Å². The number of rotatable bonds is 5. The van der Waals surface area contributed by atoms with E-state index in [-0.39, 0.29) is 17.8 Å². The fraction of sp³-hybridized carbons (Fsp3) is 0.238. The summed E-state index contributed by atoms with van der Waals surface area (Å²) in [6.45, 7) is 8.11. The number of pyridine rings is 1. The molecule has 5 nitrogen and oxygen atoms in total. The summed E-state index contributed by atoms with van der Waals surface area (Å²) in [5.74, 6) is 0.341. The van der Waals surface area contributed by atoms with Gasteiger partial charge in [-0.25, -0.2) is 9.37 Å². The summed E-state index contributed by atoms with van der Waals surface area (Å²) in [4.78, 5) is 16.8. The smallest absolute Gasteiger partial charge is 0.257 e. The number of hydrogen-bond acceptors (Lipinski definition) is 3. The fourth-order valence-electron chi connectivity index (χ4n) is 3.14. The van der Waals surface area contributed by atoms with E-state index in [2.05, 4.69) is 28.7 Å². The Morgan fingerprint density at radius 1 is 1.15 bits per heavy atom. The average Bonchev–Trinajstić information content (AvgIpc) is 2.93. The lowest BCUT2D eigenvalue weighted by atomic mass is 10.2. The van der Waals surface area contributed by atoms with E-state index >= 15 is 0 Å². The summed E-state index contributed by atoms with van der Waals surface area (Å²) in [5.41, 5.74) is 3.20. The van der Waals surface area contributed by atoms with Crippen molar-refractivity contribution in [2.45, 2.75) is 33.7 Å². The maximum atomic E-state index is 12.9. The molecule has 27 heavy (non-hydrogen) atoms. The van der Waals surface area contributed by atoms with Crippen molar-refractivity contribution in [3.63, 3.8) is 0 Å². The van der Waals surface area contributed by atoms with Gasteiger partial charge in [-0.2, -0.15) is 0 Å². The average molecular weight is 367 g/mol. The fourth-order valence-corrected chi connectivity index (χ4v) is 3.14. The number of nitrogens with zero attached hydrogens (tertiary/aromatic N) is 2. The molecule has 1 N–H and O–H groups in total. The molecular weight excluding hydrogens is 345 g/mol. The Morgan fingerprint density at radius 2 is 1.85 bits per heavy atom. The Morgan fingerprint density at radius 3 is 2.41 bits per heavy atom. The van der Waals surface area contributed by atoms with E-state index in [1.165, 1.54) is 30.5 Å². The molecular formula is C21H22FN3O2. The van der Waals surface area contributed by atoms with Crippen molar-refractivity contribution in [2.75, 3.05) is 5.32 Å². The molecule has 0 unspecified atom stereocenters. The molecule has 0 aliphatic rings. The molecule has 0 aliphatic carbocycles. The number of amides is 1. The minimum absolute atomic E-state index is 0.177. The van der Waals surface area contributed by atoms with Gasteiger partial charge in [-0.05, 0) is 64.1 Å². The van der Waals surface area contributed by atoms with Crippen molar-refractivity contribution >= 4 is 11.6 Å². The number of aromatic nitrogens is 2. The van der Waals surface area contributed by atoms with Crippen LogP contribution in [-0.4, -0.2) is 15.5 Å². The van der Waals surface area contributed by atoms with Crippen LogP contribution < -0.4 is 10.1 Å². The highest BCUT2D eigenvalue weighted by atomic mass is 19.1. The van der Waals surface area contributed by atoms with Gasteiger partial charge >= 0.3 is 0 Å². The first-order chi connectivity index (χ1) is 12.8. The number of benzene rings is 1. The van der Waals surface area contributed by atoms with Crippen LogP contribution in [0.4, 0.5) is 10.1 Å². The van der Waals surface area contributed by atoms with Crippen molar-refractivity contribution in [2.24, 2.45) is 0 Å². The summed E-state index contributed by atoms with van der Waals surface area (Å²) in [6, 6.07) is 11.2. The highest BCUT2D eigenvalue weighted by molar-refractivity contribution is 6.05. The normalized spacial score (nSPS) is 10.9. The summed E-state index contributed by atoms with van der Waals surface area (Å²) in [7, 11) is 0. The van der Waals surface area contributed by atoms with Gasteiger partial charge in [0.15, 0.2) is 0 Å². The van der Waals surface area contributed by atoms with Gasteiger partial charge in [-0.15, -0.1) is 0 Å². The molecule has 140 valence electrons. The molecule has 0 saturated carbocycles. The van der Waals surface area contributed by atoms with Crippen LogP contribution in [0.3, 0.4) is 0 Å². The Labute approximate surface area is 157 Å². The zero-order valence-electron chi connectivity index (χ0n) is 15.8. The lowest BCUT2D eigenvalue weighted by Crippen LogP contribution is -2.14. The van der Waals surface area contributed by atoms with E-state index in [4.69, 9.17) is 4.74 Å². The largest absolute Gasteiger partial charge is 0.439 e. The van der Waals surface area contributed by atoms with Crippen molar-refractivity contribution in [3.8, 4) is 11.6 Å². The lowest BCUT2D eigenvalue weighted by molar-refractivity contribution is 0.102. The third kappa shape index (κ3) is 4.16. The van der Waals surface area contributed by atoms with Gasteiger partial charge in [0.05, 0.1) is 17.4 Å². The summed E-state index contributed by atoms with van der Waals surface area (Å²) < 4.78 is 20.6. The Hall–Kier alpha value is -3.15. The summed E-state index contributed by atoms with van der Waals surface area (Å²) >= 11 is 0. The highest BCUT2D eigenvalue weighted by Crippen LogP contribution is 2.23. The molecule has 0 saturated heterocycles. The van der Waals surface area contributed by atoms with Crippen LogP contribution in [-0.2, 0) is 0 Å². The van der Waals surface area contributed by atoms with E-state index in [0.29, 0.717) is 22.9 Å². The molecule has 0 bridgehead atoms. The molecule has 1 aromatic carbocycles. The SMILES string of the molecule is Cc1cc(C(=O)Nc2ccc(Oc3ccc(F)cc3)nc2)c(C)n1C(C)C. The van der Waals surface area contributed by atoms with E-state index in [9.17, 15) is 9.18 Å². The molecule has 3 aromatic rings. The second-order valence-corrected chi connectivity index (χ2v) is 6.64. The molecule has 3 rings (SSSR count). The number of hydrogen-bond donors (Lipinski definition) is 1. The Kier molecular flexibility index (Phi) is 5.26. The molecule has 0 aliphatic heterocycles. The number of nitrogens with one attached hydrogen (secondary N) is 1. The predicted octanol–water partition coefficient (Wildman–Crippen LogP) is 5.26. The van der Waals surface area contributed by atoms with Gasteiger partial charge in [0.1, 0.15) is 11.6 Å². The van der Waals surface area contributed by atoms with E-state index in [1.54, 1.807) is 12.1 Å². The molecule has 0 spiro atoms. The number of halogens is 1. The van der Waals surface area contributed by atoms with E-state index in [1.807, 2.05) is 19.9 Å². The minimum Gasteiger partial charge on any atom is -0.439 e. The van der Waals surface area contributed by atoms with Gasteiger partial charge < -0.3 is 14.6 Å². The zero-order valence-corrected chi connectivity index (χ0v) is 15.8. The molecule has 0 fully saturated rings. The first kappa shape index (κ1) is 18.6. The van der Waals surface area contributed by atoms with E-state index < -0.39 is 0 Å². The van der Waals surface area contributed by atoms with Crippen LogP contribution in [0.25, 0.3) is 0 Å². The summed E-state index contributed by atoms with van der Waals surface area (Å²) in [5, 5.41) is 2.86. The maximum absolute atomic E-state index is 12.9. The molecule has 2 aromatic heterocycles. The molecule has 6 heteroatoms. The van der Waals surface area contributed by atoms with Crippen molar-refractivity contribution < 1.29 is 13.9 Å².